The lowest BCUT2D eigenvalue weighted by molar-refractivity contribution is -0.137. The van der Waals surface area contributed by atoms with E-state index >= 15 is 0 Å². The molecule has 8 aromatic carbocycles. The number of para-hydroxylation sites is 1. The van der Waals surface area contributed by atoms with Crippen LogP contribution in [0.15, 0.2) is 206 Å². The number of hydrogen-bond donors (Lipinski definition) is 0. The maximum absolute atomic E-state index is 14.2. The average Bonchev–Trinajstić information content (AvgIpc) is 3.71. The molecule has 9 heteroatoms. The Labute approximate surface area is 390 Å². The Morgan fingerprint density at radius 1 is 0.426 bits per heavy atom. The topological polar surface area (TPSA) is 80.3 Å². The first-order valence-corrected chi connectivity index (χ1v) is 22.0. The van der Waals surface area contributed by atoms with E-state index in [1.165, 1.54) is 6.07 Å². The normalized spacial score (nSPS) is 11.5. The average molecular weight is 887 g/mol. The minimum Gasteiger partial charge on any atom is -0.308 e. The summed E-state index contributed by atoms with van der Waals surface area (Å²) in [5, 5.41) is 12.6. The Kier molecular flexibility index (Phi) is 10.5. The third-order valence-electron chi connectivity index (χ3n) is 12.1. The Bertz CT molecular complexity index is 3470. The highest BCUT2D eigenvalue weighted by atomic mass is 19.4. The van der Waals surface area contributed by atoms with E-state index in [-0.39, 0.29) is 0 Å². The number of nitriles is 1. The van der Waals surface area contributed by atoms with Crippen LogP contribution in [0.5, 0.6) is 0 Å². The lowest BCUT2D eigenvalue weighted by Crippen LogP contribution is -2.06. The lowest BCUT2D eigenvalue weighted by atomic mass is 9.98. The van der Waals surface area contributed by atoms with Crippen LogP contribution in [0.3, 0.4) is 0 Å². The monoisotopic (exact) mass is 886 g/mol. The molecule has 0 bridgehead atoms. The fraction of sp³-hybridized carbons (Fsp3) is 0.0339. The highest BCUT2D eigenvalue weighted by molar-refractivity contribution is 6.11. The Morgan fingerprint density at radius 2 is 0.868 bits per heavy atom. The van der Waals surface area contributed by atoms with Gasteiger partial charge in [-0.3, -0.25) is 0 Å². The van der Waals surface area contributed by atoms with Crippen LogP contribution in [0.4, 0.5) is 13.2 Å². The number of alkyl halides is 3. The van der Waals surface area contributed by atoms with Gasteiger partial charge in [0.05, 0.1) is 56.7 Å². The second-order valence-corrected chi connectivity index (χ2v) is 16.6. The third kappa shape index (κ3) is 7.84. The first kappa shape index (κ1) is 41.7. The van der Waals surface area contributed by atoms with Crippen LogP contribution in [0, 0.1) is 18.3 Å². The van der Waals surface area contributed by atoms with Gasteiger partial charge in [0.2, 0.25) is 0 Å². The molecule has 0 atom stereocenters. The van der Waals surface area contributed by atoms with E-state index in [0.717, 1.165) is 50.1 Å². The summed E-state index contributed by atoms with van der Waals surface area (Å²) in [5.41, 5.74) is 10.7. The summed E-state index contributed by atoms with van der Waals surface area (Å²) in [4.78, 5) is 21.2. The van der Waals surface area contributed by atoms with Crippen molar-refractivity contribution in [3.8, 4) is 90.7 Å². The van der Waals surface area contributed by atoms with Gasteiger partial charge in [0.1, 0.15) is 0 Å². The van der Waals surface area contributed by atoms with E-state index in [2.05, 4.69) is 10.6 Å². The van der Waals surface area contributed by atoms with Gasteiger partial charge in [0, 0.05) is 44.2 Å². The first-order chi connectivity index (χ1) is 33.2. The van der Waals surface area contributed by atoms with E-state index in [1.54, 1.807) is 13.0 Å². The zero-order valence-corrected chi connectivity index (χ0v) is 36.4. The molecule has 0 saturated carbocycles. The largest absolute Gasteiger partial charge is 0.416 e. The van der Waals surface area contributed by atoms with Gasteiger partial charge in [-0.15, -0.1) is 0 Å². The van der Waals surface area contributed by atoms with Gasteiger partial charge in [0.25, 0.3) is 0 Å². The van der Waals surface area contributed by atoms with Crippen LogP contribution >= 0.6 is 0 Å². The van der Waals surface area contributed by atoms with Crippen LogP contribution in [0.1, 0.15) is 16.7 Å². The van der Waals surface area contributed by atoms with E-state index in [4.69, 9.17) is 19.9 Å². The molecule has 0 amide bonds. The number of aromatic nitrogens is 5. The van der Waals surface area contributed by atoms with Crippen LogP contribution in [-0.2, 0) is 6.18 Å². The van der Waals surface area contributed by atoms with Crippen molar-refractivity contribution in [3.05, 3.63) is 223 Å². The fourth-order valence-electron chi connectivity index (χ4n) is 8.95. The van der Waals surface area contributed by atoms with Gasteiger partial charge in [-0.25, -0.2) is 19.9 Å². The minimum atomic E-state index is -4.51. The van der Waals surface area contributed by atoms with Crippen molar-refractivity contribution >= 4 is 21.8 Å². The summed E-state index contributed by atoms with van der Waals surface area (Å²) < 4.78 is 44.6. The molecule has 0 unspecified atom stereocenters. The zero-order chi connectivity index (χ0) is 46.4. The van der Waals surface area contributed by atoms with Crippen molar-refractivity contribution in [3.63, 3.8) is 0 Å². The maximum Gasteiger partial charge on any atom is 0.416 e. The number of nitrogens with zero attached hydrogens (tertiary/aromatic N) is 6. The molecule has 0 aliphatic heterocycles. The number of benzene rings is 8. The number of fused-ring (bicyclic) bond motifs is 3. The Hall–Kier alpha value is -9.00. The second-order valence-electron chi connectivity index (χ2n) is 16.6. The molecule has 68 heavy (non-hydrogen) atoms. The lowest BCUT2D eigenvalue weighted by Gasteiger charge is -2.20. The number of aryl methyl sites for hydroxylation is 1. The van der Waals surface area contributed by atoms with E-state index in [9.17, 15) is 18.4 Å². The molecule has 0 aliphatic rings. The molecule has 0 saturated heterocycles. The zero-order valence-electron chi connectivity index (χ0n) is 36.4. The second kappa shape index (κ2) is 17.1. The standard InChI is InChI=1S/C59H37F3N6/c1-37-28-44(32-45(29-37)59(60,61)62)43-26-27-55-47(33-43)46-24-14-15-25-54(46)68(55)56-48(57-64-50(39-16-6-2-7-17-39)34-51(65-57)40-18-8-3-9-19-40)30-38(36-63)31-49(56)58-66-52(41-20-10-4-11-21-41)35-53(67-58)42-22-12-5-13-23-42/h2-35H,1H3. The van der Waals surface area contributed by atoms with E-state index < -0.39 is 11.7 Å². The van der Waals surface area contributed by atoms with Crippen molar-refractivity contribution in [2.75, 3.05) is 0 Å². The van der Waals surface area contributed by atoms with E-state index in [1.807, 2.05) is 188 Å². The predicted molar refractivity (Wildman–Crippen MR) is 264 cm³/mol. The molecular weight excluding hydrogens is 850 g/mol. The van der Waals surface area contributed by atoms with Gasteiger partial charge in [-0.2, -0.15) is 18.4 Å². The maximum atomic E-state index is 14.2. The molecule has 0 radical (unpaired) electrons. The molecule has 324 valence electrons. The molecule has 0 aliphatic carbocycles. The number of rotatable bonds is 8. The molecule has 0 fully saturated rings. The smallest absolute Gasteiger partial charge is 0.308 e. The number of halogens is 3. The molecule has 6 nitrogen and oxygen atoms in total. The summed E-state index contributed by atoms with van der Waals surface area (Å²) in [7, 11) is 0. The number of hydrogen-bond acceptors (Lipinski definition) is 5. The molecule has 11 aromatic rings. The van der Waals surface area contributed by atoms with Gasteiger partial charge in [-0.05, 0) is 78.2 Å². The Balaban J connectivity index is 1.27. The van der Waals surface area contributed by atoms with Gasteiger partial charge in [0.15, 0.2) is 11.6 Å². The SMILES string of the molecule is Cc1cc(-c2ccc3c(c2)c2ccccc2n3-c2c(-c3nc(-c4ccccc4)cc(-c4ccccc4)n3)cc(C#N)cc2-c2nc(-c3ccccc3)cc(-c3ccccc3)n2)cc(C(F)(F)F)c1. The van der Waals surface area contributed by atoms with Gasteiger partial charge < -0.3 is 4.57 Å². The molecule has 0 spiro atoms. The van der Waals surface area contributed by atoms with Crippen LogP contribution in [0.2, 0.25) is 0 Å². The minimum absolute atomic E-state index is 0.340. The quantitative estimate of drug-likeness (QED) is 0.152. The van der Waals surface area contributed by atoms with Crippen LogP contribution < -0.4 is 0 Å². The molecular formula is C59H37F3N6. The fourth-order valence-corrected chi connectivity index (χ4v) is 8.95. The first-order valence-electron chi connectivity index (χ1n) is 22.0. The van der Waals surface area contributed by atoms with Crippen molar-refractivity contribution in [1.82, 2.24) is 24.5 Å². The molecule has 11 rings (SSSR count). The van der Waals surface area contributed by atoms with Crippen molar-refractivity contribution in [2.24, 2.45) is 0 Å². The highest BCUT2D eigenvalue weighted by Gasteiger charge is 2.31. The highest BCUT2D eigenvalue weighted by Crippen LogP contribution is 2.44. The van der Waals surface area contributed by atoms with Gasteiger partial charge in [-0.1, -0.05) is 152 Å². The van der Waals surface area contributed by atoms with E-state index in [0.29, 0.717) is 73.5 Å². The summed E-state index contributed by atoms with van der Waals surface area (Å²) in [5.74, 6) is 0.728. The molecule has 3 heterocycles. The van der Waals surface area contributed by atoms with Gasteiger partial charge >= 0.3 is 6.18 Å². The summed E-state index contributed by atoms with van der Waals surface area (Å²) >= 11 is 0. The van der Waals surface area contributed by atoms with Crippen molar-refractivity contribution in [1.29, 1.82) is 5.26 Å². The predicted octanol–water partition coefficient (Wildman–Crippen LogP) is 15.2. The van der Waals surface area contributed by atoms with Crippen LogP contribution in [0.25, 0.3) is 106 Å². The molecule has 0 N–H and O–H groups in total. The van der Waals surface area contributed by atoms with Crippen LogP contribution in [-0.4, -0.2) is 24.5 Å². The Morgan fingerprint density at radius 3 is 1.32 bits per heavy atom. The summed E-state index contributed by atoms with van der Waals surface area (Å²) in [6.45, 7) is 1.67. The summed E-state index contributed by atoms with van der Waals surface area (Å²) in [6.07, 6.45) is -4.51. The van der Waals surface area contributed by atoms with Crippen molar-refractivity contribution in [2.45, 2.75) is 13.1 Å². The third-order valence-corrected chi connectivity index (χ3v) is 12.1. The van der Waals surface area contributed by atoms with Crippen molar-refractivity contribution < 1.29 is 13.2 Å². The summed E-state index contributed by atoms with van der Waals surface area (Å²) in [6, 6.07) is 67.4. The molecule has 3 aromatic heterocycles.